The number of nitrogens with zero attached hydrogens (tertiary/aromatic N) is 2. The van der Waals surface area contributed by atoms with Crippen molar-refractivity contribution in [2.75, 3.05) is 20.5 Å². The molecule has 0 aliphatic carbocycles. The molecule has 0 unspecified atom stereocenters. The van der Waals surface area contributed by atoms with E-state index >= 15 is 0 Å². The van der Waals surface area contributed by atoms with Gasteiger partial charge in [-0.3, -0.25) is 9.36 Å². The van der Waals surface area contributed by atoms with Crippen LogP contribution in [-0.4, -0.2) is 31.0 Å². The van der Waals surface area contributed by atoms with Crippen LogP contribution in [0, 0.1) is 0 Å². The van der Waals surface area contributed by atoms with E-state index in [-0.39, 0.29) is 24.5 Å². The maximum Gasteiger partial charge on any atom is 0.338 e. The third-order valence-corrected chi connectivity index (χ3v) is 8.04. The van der Waals surface area contributed by atoms with Crippen LogP contribution in [0.3, 0.4) is 0 Å². The molecule has 0 saturated heterocycles. The molecule has 40 heavy (non-hydrogen) atoms. The highest BCUT2D eigenvalue weighted by molar-refractivity contribution is 9.10. The summed E-state index contributed by atoms with van der Waals surface area (Å²) in [6, 6.07) is 19.6. The normalized spacial score (nSPS) is 16.0. The van der Waals surface area contributed by atoms with Crippen LogP contribution in [0.5, 0.6) is 17.2 Å². The lowest BCUT2D eigenvalue weighted by Crippen LogP contribution is -2.40. The van der Waals surface area contributed by atoms with E-state index in [0.717, 1.165) is 15.6 Å². The lowest BCUT2D eigenvalue weighted by Gasteiger charge is -2.26. The number of halogens is 1. The molecule has 0 amide bonds. The monoisotopic (exact) mass is 618 g/mol. The van der Waals surface area contributed by atoms with Crippen molar-refractivity contribution >= 4 is 45.0 Å². The molecule has 0 bridgehead atoms. The van der Waals surface area contributed by atoms with Gasteiger partial charge < -0.3 is 18.9 Å². The molecule has 0 saturated carbocycles. The second-order valence-electron chi connectivity index (χ2n) is 8.93. The Morgan fingerprint density at radius 3 is 2.70 bits per heavy atom. The van der Waals surface area contributed by atoms with Crippen molar-refractivity contribution in [3.05, 3.63) is 113 Å². The Hall–Kier alpha value is -4.15. The van der Waals surface area contributed by atoms with Crippen molar-refractivity contribution in [3.8, 4) is 17.2 Å². The first-order chi connectivity index (χ1) is 19.5. The van der Waals surface area contributed by atoms with Crippen LogP contribution in [0.25, 0.3) is 11.8 Å². The topological polar surface area (TPSA) is 88.4 Å². The van der Waals surface area contributed by atoms with Crippen LogP contribution >= 0.6 is 27.3 Å². The summed E-state index contributed by atoms with van der Waals surface area (Å²) < 4.78 is 25.0. The molecular formula is C30H23BrN2O6S. The highest BCUT2D eigenvalue weighted by Crippen LogP contribution is 2.40. The van der Waals surface area contributed by atoms with Gasteiger partial charge in [0.25, 0.3) is 5.56 Å². The van der Waals surface area contributed by atoms with E-state index in [1.807, 2.05) is 54.6 Å². The van der Waals surface area contributed by atoms with Crippen molar-refractivity contribution in [2.24, 2.45) is 4.99 Å². The molecule has 0 fully saturated rings. The van der Waals surface area contributed by atoms with Crippen LogP contribution in [0.1, 0.15) is 29.7 Å². The van der Waals surface area contributed by atoms with E-state index in [1.54, 1.807) is 36.8 Å². The van der Waals surface area contributed by atoms with Crippen LogP contribution < -0.4 is 29.1 Å². The summed E-state index contributed by atoms with van der Waals surface area (Å²) in [6.45, 7) is 2.02. The molecule has 2 aliphatic rings. The average Bonchev–Trinajstić information content (AvgIpc) is 3.56. The summed E-state index contributed by atoms with van der Waals surface area (Å²) >= 11 is 4.74. The highest BCUT2D eigenvalue weighted by Gasteiger charge is 2.36. The molecule has 8 nitrogen and oxygen atoms in total. The molecule has 0 spiro atoms. The number of hydrogen-bond acceptors (Lipinski definition) is 8. The zero-order valence-electron chi connectivity index (χ0n) is 21.5. The van der Waals surface area contributed by atoms with Gasteiger partial charge in [0.15, 0.2) is 16.3 Å². The number of carbonyl (C=O) groups excluding carboxylic acids is 1. The van der Waals surface area contributed by atoms with Crippen molar-refractivity contribution < 1.29 is 23.7 Å². The Labute approximate surface area is 241 Å². The smallest absolute Gasteiger partial charge is 0.338 e. The molecule has 1 atom stereocenters. The highest BCUT2D eigenvalue weighted by atomic mass is 79.9. The Bertz CT molecular complexity index is 1840. The van der Waals surface area contributed by atoms with Crippen LogP contribution in [0.2, 0.25) is 0 Å². The Morgan fingerprint density at radius 1 is 1.12 bits per heavy atom. The predicted molar refractivity (Wildman–Crippen MR) is 154 cm³/mol. The fourth-order valence-electron chi connectivity index (χ4n) is 4.80. The summed E-state index contributed by atoms with van der Waals surface area (Å²) in [4.78, 5) is 33.0. The lowest BCUT2D eigenvalue weighted by molar-refractivity contribution is -0.138. The van der Waals surface area contributed by atoms with Crippen LogP contribution in [0.15, 0.2) is 86.6 Å². The average molecular weight is 619 g/mol. The van der Waals surface area contributed by atoms with Crippen LogP contribution in [0.4, 0.5) is 0 Å². The van der Waals surface area contributed by atoms with Gasteiger partial charge in [-0.05, 0) is 48.9 Å². The fraction of sp³-hybridized carbons (Fsp3) is 0.167. The molecule has 202 valence electrons. The molecule has 4 aromatic rings. The standard InChI is InChI=1S/C30H23BrN2O6S/c1-3-37-29(35)25-26(17-7-5-4-6-8-17)32-30-33(27(25)18-9-11-22-23(14-18)39-16-38-22)28(34)24(40-30)15-19-13-20(31)10-12-21(19)36-2/h4-15,27H,3,16H2,1-2H3/b24-15+/t27-/m1/s1. The maximum absolute atomic E-state index is 14.1. The molecule has 6 rings (SSSR count). The first-order valence-electron chi connectivity index (χ1n) is 12.5. The minimum Gasteiger partial charge on any atom is -0.496 e. The first-order valence-corrected chi connectivity index (χ1v) is 14.1. The van der Waals surface area contributed by atoms with Crippen LogP contribution in [-0.2, 0) is 9.53 Å². The SMILES string of the molecule is CCOC(=O)C1=C(c2ccccc2)N=c2s/c(=C/c3cc(Br)ccc3OC)c(=O)n2[C@@H]1c1ccc2c(c1)OCO2. The van der Waals surface area contributed by atoms with E-state index in [2.05, 4.69) is 15.9 Å². The first kappa shape index (κ1) is 26.1. The number of carbonyl (C=O) groups is 1. The largest absolute Gasteiger partial charge is 0.496 e. The molecule has 0 N–H and O–H groups in total. The molecule has 10 heteroatoms. The lowest BCUT2D eigenvalue weighted by atomic mass is 9.93. The molecule has 0 radical (unpaired) electrons. The fourth-order valence-corrected chi connectivity index (χ4v) is 6.17. The van der Waals surface area contributed by atoms with Gasteiger partial charge in [0.1, 0.15) is 5.75 Å². The quantitative estimate of drug-likeness (QED) is 0.297. The second kappa shape index (κ2) is 10.8. The number of esters is 1. The Kier molecular flexibility index (Phi) is 7.03. The number of methoxy groups -OCH3 is 1. The molecule has 3 heterocycles. The summed E-state index contributed by atoms with van der Waals surface area (Å²) in [5.41, 5.74) is 2.57. The third-order valence-electron chi connectivity index (χ3n) is 6.56. The second-order valence-corrected chi connectivity index (χ2v) is 10.9. The predicted octanol–water partition coefficient (Wildman–Crippen LogP) is 4.44. The minimum absolute atomic E-state index is 0.103. The number of hydrogen-bond donors (Lipinski definition) is 0. The van der Waals surface area contributed by atoms with E-state index in [0.29, 0.717) is 37.8 Å². The van der Waals surface area contributed by atoms with Gasteiger partial charge in [0.05, 0.1) is 35.6 Å². The van der Waals surface area contributed by atoms with Crippen molar-refractivity contribution in [1.82, 2.24) is 4.57 Å². The van der Waals surface area contributed by atoms with E-state index in [9.17, 15) is 9.59 Å². The molecule has 1 aromatic heterocycles. The number of thiazole rings is 1. The van der Waals surface area contributed by atoms with Gasteiger partial charge in [0, 0.05) is 15.6 Å². The van der Waals surface area contributed by atoms with Crippen molar-refractivity contribution in [1.29, 1.82) is 0 Å². The van der Waals surface area contributed by atoms with E-state index in [1.165, 1.54) is 11.3 Å². The van der Waals surface area contributed by atoms with Gasteiger partial charge in [0.2, 0.25) is 6.79 Å². The number of benzene rings is 3. The number of fused-ring (bicyclic) bond motifs is 2. The number of aromatic nitrogens is 1. The number of rotatable bonds is 6. The number of ether oxygens (including phenoxy) is 4. The third kappa shape index (κ3) is 4.63. The van der Waals surface area contributed by atoms with Gasteiger partial charge in [-0.2, -0.15) is 0 Å². The van der Waals surface area contributed by atoms with Gasteiger partial charge in [-0.25, -0.2) is 9.79 Å². The summed E-state index contributed by atoms with van der Waals surface area (Å²) in [5, 5.41) is 0. The maximum atomic E-state index is 14.1. The zero-order chi connectivity index (χ0) is 27.8. The molecule has 2 aliphatic heterocycles. The van der Waals surface area contributed by atoms with Crippen molar-refractivity contribution in [3.63, 3.8) is 0 Å². The zero-order valence-corrected chi connectivity index (χ0v) is 24.0. The minimum atomic E-state index is -0.813. The summed E-state index contributed by atoms with van der Waals surface area (Å²) in [6.07, 6.45) is 1.78. The Balaban J connectivity index is 1.66. The van der Waals surface area contributed by atoms with E-state index < -0.39 is 12.0 Å². The van der Waals surface area contributed by atoms with Gasteiger partial charge in [-0.15, -0.1) is 0 Å². The summed E-state index contributed by atoms with van der Waals surface area (Å²) in [5.74, 6) is 1.22. The molecule has 3 aromatic carbocycles. The van der Waals surface area contributed by atoms with E-state index in [4.69, 9.17) is 23.9 Å². The Morgan fingerprint density at radius 2 is 1.93 bits per heavy atom. The van der Waals surface area contributed by atoms with Crippen molar-refractivity contribution in [2.45, 2.75) is 13.0 Å². The van der Waals surface area contributed by atoms with Gasteiger partial charge >= 0.3 is 5.97 Å². The molecular weight excluding hydrogens is 596 g/mol. The summed E-state index contributed by atoms with van der Waals surface area (Å²) in [7, 11) is 1.58. The van der Waals surface area contributed by atoms with Gasteiger partial charge in [-0.1, -0.05) is 63.7 Å².